The van der Waals surface area contributed by atoms with Crippen molar-refractivity contribution in [3.63, 3.8) is 0 Å². The molecule has 0 radical (unpaired) electrons. The number of carbonyl (C=O) groups is 1. The van der Waals surface area contributed by atoms with Gasteiger partial charge in [0, 0.05) is 55.4 Å². The highest BCUT2D eigenvalue weighted by molar-refractivity contribution is 8.38. The van der Waals surface area contributed by atoms with Crippen LogP contribution in [0.1, 0.15) is 11.4 Å². The Morgan fingerprint density at radius 1 is 1.30 bits per heavy atom. The normalized spacial score (nSPS) is 16.1. The van der Waals surface area contributed by atoms with Crippen LogP contribution in [-0.2, 0) is 4.74 Å². The summed E-state index contributed by atoms with van der Waals surface area (Å²) in [6.07, 6.45) is 0. The number of aryl methyl sites for hydroxylation is 2. The van der Waals surface area contributed by atoms with Crippen LogP contribution < -0.4 is 4.31 Å². The Morgan fingerprint density at radius 3 is 2.50 bits per heavy atom. The van der Waals surface area contributed by atoms with Crippen LogP contribution in [0, 0.1) is 13.8 Å². The maximum atomic E-state index is 12.0. The predicted octanol–water partition coefficient (Wildman–Crippen LogP) is 2.28. The summed E-state index contributed by atoms with van der Waals surface area (Å²) in [4.78, 5) is 20.7. The fourth-order valence-corrected chi connectivity index (χ4v) is 3.48. The molecule has 0 unspecified atom stereocenters. The van der Waals surface area contributed by atoms with E-state index in [1.807, 2.05) is 24.2 Å². The van der Waals surface area contributed by atoms with Crippen molar-refractivity contribution >= 4 is 34.3 Å². The summed E-state index contributed by atoms with van der Waals surface area (Å²) in [7, 11) is 1.80. The van der Waals surface area contributed by atoms with Gasteiger partial charge in [-0.1, -0.05) is 0 Å². The number of rotatable bonds is 3. The number of aromatic nitrogens is 2. The van der Waals surface area contributed by atoms with Crippen molar-refractivity contribution in [1.29, 1.82) is 0 Å². The summed E-state index contributed by atoms with van der Waals surface area (Å²) >= 11 is 2.35. The Labute approximate surface area is 127 Å². The van der Waals surface area contributed by atoms with Crippen molar-refractivity contribution in [2.24, 2.45) is 0 Å². The maximum Gasteiger partial charge on any atom is 0.281 e. The summed E-state index contributed by atoms with van der Waals surface area (Å²) in [5, 5.41) is 0. The maximum absolute atomic E-state index is 12.0. The Bertz CT molecular complexity index is 460. The molecule has 0 aliphatic carbocycles. The largest absolute Gasteiger partial charge is 0.379 e. The van der Waals surface area contributed by atoms with Gasteiger partial charge in [0.05, 0.1) is 13.2 Å². The SMILES string of the molecule is Cc1cc(C)nc(N(C)SC(=O)SN2CCOCC2)n1. The predicted molar refractivity (Wildman–Crippen MR) is 82.9 cm³/mol. The van der Waals surface area contributed by atoms with Gasteiger partial charge in [-0.25, -0.2) is 14.3 Å². The molecular weight excluding hydrogens is 296 g/mol. The van der Waals surface area contributed by atoms with E-state index in [0.29, 0.717) is 19.2 Å². The fourth-order valence-electron chi connectivity index (χ4n) is 1.76. The standard InChI is InChI=1S/C12H18N4O2S2/c1-9-8-10(2)14-11(13-9)15(3)19-12(17)20-16-4-6-18-7-5-16/h8H,4-7H2,1-3H3. The molecule has 1 aromatic rings. The third-order valence-electron chi connectivity index (χ3n) is 2.64. The molecule has 0 saturated carbocycles. The van der Waals surface area contributed by atoms with Crippen molar-refractivity contribution in [2.75, 3.05) is 37.7 Å². The van der Waals surface area contributed by atoms with E-state index in [9.17, 15) is 4.79 Å². The van der Waals surface area contributed by atoms with Gasteiger partial charge in [0.2, 0.25) is 5.95 Å². The van der Waals surface area contributed by atoms with Crippen LogP contribution in [0.25, 0.3) is 0 Å². The van der Waals surface area contributed by atoms with E-state index in [0.717, 1.165) is 36.4 Å². The van der Waals surface area contributed by atoms with Crippen LogP contribution in [0.3, 0.4) is 0 Å². The minimum Gasteiger partial charge on any atom is -0.379 e. The topological polar surface area (TPSA) is 58.6 Å². The molecule has 6 nitrogen and oxygen atoms in total. The van der Waals surface area contributed by atoms with Gasteiger partial charge in [0.15, 0.2) is 0 Å². The highest BCUT2D eigenvalue weighted by atomic mass is 32.2. The first-order valence-electron chi connectivity index (χ1n) is 6.33. The monoisotopic (exact) mass is 314 g/mol. The molecule has 2 rings (SSSR count). The minimum absolute atomic E-state index is 0.0113. The molecule has 1 aliphatic rings. The molecular formula is C12H18N4O2S2. The average molecular weight is 314 g/mol. The van der Waals surface area contributed by atoms with Crippen LogP contribution in [-0.4, -0.2) is 52.1 Å². The third kappa shape index (κ3) is 4.62. The van der Waals surface area contributed by atoms with Crippen LogP contribution in [0.5, 0.6) is 0 Å². The molecule has 1 saturated heterocycles. The van der Waals surface area contributed by atoms with Gasteiger partial charge in [-0.15, -0.1) is 0 Å². The molecule has 8 heteroatoms. The van der Waals surface area contributed by atoms with Crippen molar-refractivity contribution in [3.8, 4) is 0 Å². The number of morpholine rings is 1. The third-order valence-corrected chi connectivity index (χ3v) is 4.44. The highest BCUT2D eigenvalue weighted by Gasteiger charge is 2.18. The number of carbonyl (C=O) groups excluding carboxylic acids is 1. The molecule has 110 valence electrons. The molecule has 0 atom stereocenters. The molecule has 1 aliphatic heterocycles. The zero-order valence-electron chi connectivity index (χ0n) is 11.8. The van der Waals surface area contributed by atoms with Gasteiger partial charge in [-0.05, 0) is 19.9 Å². The first-order valence-corrected chi connectivity index (χ1v) is 7.88. The van der Waals surface area contributed by atoms with Crippen molar-refractivity contribution in [2.45, 2.75) is 13.8 Å². The van der Waals surface area contributed by atoms with E-state index in [4.69, 9.17) is 4.74 Å². The van der Waals surface area contributed by atoms with Crippen molar-refractivity contribution in [1.82, 2.24) is 14.3 Å². The zero-order chi connectivity index (χ0) is 14.5. The second-order valence-electron chi connectivity index (χ2n) is 4.42. The van der Waals surface area contributed by atoms with E-state index in [1.54, 1.807) is 11.4 Å². The number of ether oxygens (including phenoxy) is 1. The molecule has 1 fully saturated rings. The van der Waals surface area contributed by atoms with Crippen LogP contribution in [0.2, 0.25) is 0 Å². The Hall–Kier alpha value is -0.830. The number of nitrogens with zero attached hydrogens (tertiary/aromatic N) is 4. The van der Waals surface area contributed by atoms with Crippen molar-refractivity contribution in [3.05, 3.63) is 17.5 Å². The molecule has 0 N–H and O–H groups in total. The number of hydrogen-bond donors (Lipinski definition) is 0. The van der Waals surface area contributed by atoms with Gasteiger partial charge in [0.1, 0.15) is 0 Å². The zero-order valence-corrected chi connectivity index (χ0v) is 13.5. The fraction of sp³-hybridized carbons (Fsp3) is 0.583. The second kappa shape index (κ2) is 7.26. The molecule has 2 heterocycles. The smallest absolute Gasteiger partial charge is 0.281 e. The van der Waals surface area contributed by atoms with Gasteiger partial charge in [-0.2, -0.15) is 0 Å². The van der Waals surface area contributed by atoms with E-state index in [2.05, 4.69) is 9.97 Å². The van der Waals surface area contributed by atoms with Gasteiger partial charge < -0.3 is 4.74 Å². The molecule has 0 aromatic carbocycles. The van der Waals surface area contributed by atoms with E-state index >= 15 is 0 Å². The van der Waals surface area contributed by atoms with Crippen LogP contribution >= 0.6 is 23.9 Å². The quantitative estimate of drug-likeness (QED) is 0.788. The molecule has 0 bridgehead atoms. The van der Waals surface area contributed by atoms with Crippen LogP contribution in [0.15, 0.2) is 6.07 Å². The Balaban J connectivity index is 1.89. The van der Waals surface area contributed by atoms with Gasteiger partial charge in [0.25, 0.3) is 4.45 Å². The first-order chi connectivity index (χ1) is 9.54. The summed E-state index contributed by atoms with van der Waals surface area (Å²) in [6.45, 7) is 6.76. The van der Waals surface area contributed by atoms with E-state index in [-0.39, 0.29) is 4.45 Å². The first kappa shape index (κ1) is 15.6. The minimum atomic E-state index is 0.0113. The Kier molecular flexibility index (Phi) is 5.64. The molecule has 1 aromatic heterocycles. The highest BCUT2D eigenvalue weighted by Crippen LogP contribution is 2.26. The summed E-state index contributed by atoms with van der Waals surface area (Å²) in [5.74, 6) is 0.559. The summed E-state index contributed by atoms with van der Waals surface area (Å²) < 4.78 is 8.99. The lowest BCUT2D eigenvalue weighted by atomic mass is 10.4. The average Bonchev–Trinajstić information content (AvgIpc) is 2.38. The molecule has 20 heavy (non-hydrogen) atoms. The summed E-state index contributed by atoms with van der Waals surface area (Å²) in [5.41, 5.74) is 1.79. The number of anilines is 1. The lowest BCUT2D eigenvalue weighted by Crippen LogP contribution is -2.32. The Morgan fingerprint density at radius 2 is 1.90 bits per heavy atom. The summed E-state index contributed by atoms with van der Waals surface area (Å²) in [6, 6.07) is 1.91. The lowest BCUT2D eigenvalue weighted by Gasteiger charge is -2.24. The number of hydrogen-bond acceptors (Lipinski definition) is 8. The van der Waals surface area contributed by atoms with E-state index in [1.165, 1.54) is 11.9 Å². The van der Waals surface area contributed by atoms with Gasteiger partial charge >= 0.3 is 0 Å². The van der Waals surface area contributed by atoms with Gasteiger partial charge in [-0.3, -0.25) is 9.10 Å². The molecule has 0 spiro atoms. The second-order valence-corrected chi connectivity index (χ2v) is 6.85. The van der Waals surface area contributed by atoms with Crippen LogP contribution in [0.4, 0.5) is 10.7 Å². The lowest BCUT2D eigenvalue weighted by molar-refractivity contribution is 0.0776. The van der Waals surface area contributed by atoms with E-state index < -0.39 is 0 Å². The molecule has 0 amide bonds. The van der Waals surface area contributed by atoms with Crippen molar-refractivity contribution < 1.29 is 9.53 Å².